The third-order valence-corrected chi connectivity index (χ3v) is 5.43. The van der Waals surface area contributed by atoms with E-state index in [-0.39, 0.29) is 31.4 Å². The molecule has 0 aliphatic rings. The van der Waals surface area contributed by atoms with Crippen LogP contribution in [0.1, 0.15) is 37.4 Å². The van der Waals surface area contributed by atoms with Crippen LogP contribution in [-0.4, -0.2) is 79.8 Å². The van der Waals surface area contributed by atoms with Crippen LogP contribution in [0.25, 0.3) is 0 Å². The van der Waals surface area contributed by atoms with Gasteiger partial charge in [-0.25, -0.2) is 0 Å². The minimum Gasteiger partial charge on any atom is -0.490 e. The lowest BCUT2D eigenvalue weighted by atomic mass is 9.98. The van der Waals surface area contributed by atoms with Crippen LogP contribution in [0.15, 0.2) is 78.0 Å². The van der Waals surface area contributed by atoms with Gasteiger partial charge in [-0.05, 0) is 42.0 Å². The number of nitrogens with zero attached hydrogens (tertiary/aromatic N) is 3. The normalized spacial score (nSPS) is 10.3. The molecule has 0 spiro atoms. The van der Waals surface area contributed by atoms with E-state index in [2.05, 4.69) is 5.16 Å². The van der Waals surface area contributed by atoms with Gasteiger partial charge in [0.25, 0.3) is 11.8 Å². The lowest BCUT2D eigenvalue weighted by molar-refractivity contribution is -0.136. The van der Waals surface area contributed by atoms with Crippen molar-refractivity contribution < 1.29 is 29.1 Å². The average molecular weight is 518 g/mol. The maximum absolute atomic E-state index is 12.5. The zero-order chi connectivity index (χ0) is 27.7. The molecule has 0 aliphatic carbocycles. The van der Waals surface area contributed by atoms with Crippen molar-refractivity contribution in [3.63, 3.8) is 0 Å². The molecule has 0 unspecified atom stereocenters. The standard InChI is InChI=1S/C29H31N3O6/c1-31(2)28(35)23-11-6-9-21(18-23)27(22-10-7-12-24(19-22)29(36)32(3)4)30-38-15-14-37-25-13-5-8-20(16-25)17-26(33)34/h5-13,16,18-19H,14-15,17H2,1-4H3,(H,33,34). The van der Waals surface area contributed by atoms with Crippen molar-refractivity contribution >= 4 is 23.5 Å². The molecule has 2 amide bonds. The summed E-state index contributed by atoms with van der Waals surface area (Å²) in [6, 6.07) is 20.9. The van der Waals surface area contributed by atoms with Crippen molar-refractivity contribution in [1.82, 2.24) is 9.80 Å². The lowest BCUT2D eigenvalue weighted by Crippen LogP contribution is -2.22. The Labute approximate surface area is 221 Å². The van der Waals surface area contributed by atoms with Gasteiger partial charge in [-0.1, -0.05) is 41.6 Å². The van der Waals surface area contributed by atoms with Gasteiger partial charge in [0.05, 0.1) is 6.42 Å². The molecule has 0 atom stereocenters. The molecule has 0 bridgehead atoms. The first kappa shape index (κ1) is 27.9. The van der Waals surface area contributed by atoms with E-state index in [0.717, 1.165) is 0 Å². The van der Waals surface area contributed by atoms with Crippen molar-refractivity contribution in [1.29, 1.82) is 0 Å². The molecule has 198 valence electrons. The number of hydrogen-bond donors (Lipinski definition) is 1. The first-order valence-electron chi connectivity index (χ1n) is 11.9. The molecular formula is C29H31N3O6. The Morgan fingerprint density at radius 1 is 0.737 bits per heavy atom. The second-order valence-corrected chi connectivity index (χ2v) is 8.90. The monoisotopic (exact) mass is 517 g/mol. The average Bonchev–Trinajstić information content (AvgIpc) is 2.89. The number of rotatable bonds is 11. The zero-order valence-electron chi connectivity index (χ0n) is 21.9. The summed E-state index contributed by atoms with van der Waals surface area (Å²) in [4.78, 5) is 44.6. The molecule has 1 N–H and O–H groups in total. The van der Waals surface area contributed by atoms with Gasteiger partial charge in [-0.3, -0.25) is 14.4 Å². The maximum atomic E-state index is 12.5. The molecular weight excluding hydrogens is 486 g/mol. The number of oxime groups is 1. The molecule has 0 aliphatic heterocycles. The topological polar surface area (TPSA) is 109 Å². The highest BCUT2D eigenvalue weighted by molar-refractivity contribution is 6.14. The van der Waals surface area contributed by atoms with Crippen LogP contribution in [0.5, 0.6) is 5.75 Å². The van der Waals surface area contributed by atoms with E-state index in [1.54, 1.807) is 88.9 Å². The predicted octanol–water partition coefficient (Wildman–Crippen LogP) is 3.57. The van der Waals surface area contributed by atoms with E-state index in [1.165, 1.54) is 9.80 Å². The second kappa shape index (κ2) is 13.0. The molecule has 0 heterocycles. The number of benzene rings is 3. The summed E-state index contributed by atoms with van der Waals surface area (Å²) in [5.74, 6) is -0.689. The van der Waals surface area contributed by atoms with Gasteiger partial charge in [-0.2, -0.15) is 0 Å². The molecule has 0 fully saturated rings. The highest BCUT2D eigenvalue weighted by Crippen LogP contribution is 2.17. The Morgan fingerprint density at radius 2 is 1.26 bits per heavy atom. The minimum atomic E-state index is -0.917. The molecule has 0 saturated heterocycles. The van der Waals surface area contributed by atoms with Crippen molar-refractivity contribution in [3.8, 4) is 5.75 Å². The van der Waals surface area contributed by atoms with Crippen LogP contribution in [-0.2, 0) is 16.1 Å². The van der Waals surface area contributed by atoms with Crippen LogP contribution in [0.2, 0.25) is 0 Å². The first-order chi connectivity index (χ1) is 18.2. The molecule has 3 rings (SSSR count). The van der Waals surface area contributed by atoms with Gasteiger partial charge in [0.1, 0.15) is 18.1 Å². The van der Waals surface area contributed by atoms with E-state index >= 15 is 0 Å². The van der Waals surface area contributed by atoms with Gasteiger partial charge >= 0.3 is 5.97 Å². The van der Waals surface area contributed by atoms with Gasteiger partial charge in [0.15, 0.2) is 6.61 Å². The molecule has 3 aromatic rings. The summed E-state index contributed by atoms with van der Waals surface area (Å²) in [5, 5.41) is 13.3. The number of carboxylic acids is 1. The number of carbonyl (C=O) groups is 3. The van der Waals surface area contributed by atoms with Gasteiger partial charge < -0.3 is 24.5 Å². The molecule has 0 radical (unpaired) electrons. The van der Waals surface area contributed by atoms with E-state index < -0.39 is 5.97 Å². The van der Waals surface area contributed by atoms with E-state index in [0.29, 0.717) is 39.3 Å². The Bertz CT molecular complexity index is 1270. The highest BCUT2D eigenvalue weighted by Gasteiger charge is 2.16. The number of amides is 2. The summed E-state index contributed by atoms with van der Waals surface area (Å²) >= 11 is 0. The van der Waals surface area contributed by atoms with Crippen LogP contribution >= 0.6 is 0 Å². The van der Waals surface area contributed by atoms with Gasteiger partial charge in [0, 0.05) is 50.4 Å². The lowest BCUT2D eigenvalue weighted by Gasteiger charge is -2.14. The van der Waals surface area contributed by atoms with Crippen molar-refractivity contribution in [2.24, 2.45) is 5.16 Å². The Kier molecular flexibility index (Phi) is 9.59. The van der Waals surface area contributed by atoms with E-state index in [9.17, 15) is 14.4 Å². The third kappa shape index (κ3) is 7.67. The maximum Gasteiger partial charge on any atom is 0.307 e. The Morgan fingerprint density at radius 3 is 1.79 bits per heavy atom. The summed E-state index contributed by atoms with van der Waals surface area (Å²) in [6.45, 7) is 0.283. The quantitative estimate of drug-likeness (QED) is 0.237. The van der Waals surface area contributed by atoms with Crippen molar-refractivity contribution in [3.05, 3.63) is 101 Å². The summed E-state index contributed by atoms with van der Waals surface area (Å²) in [7, 11) is 6.73. The molecule has 0 aromatic heterocycles. The number of carboxylic acid groups (broad SMARTS) is 1. The molecule has 38 heavy (non-hydrogen) atoms. The molecule has 0 saturated carbocycles. The van der Waals surface area contributed by atoms with Crippen molar-refractivity contribution in [2.75, 3.05) is 41.4 Å². The summed E-state index contributed by atoms with van der Waals surface area (Å²) in [6.07, 6.45) is -0.0911. The van der Waals surface area contributed by atoms with Crippen LogP contribution < -0.4 is 4.74 Å². The van der Waals surface area contributed by atoms with E-state index in [1.807, 2.05) is 12.1 Å². The number of aliphatic carboxylic acids is 1. The summed E-state index contributed by atoms with van der Waals surface area (Å²) in [5.41, 5.74) is 3.37. The molecule has 9 nitrogen and oxygen atoms in total. The smallest absolute Gasteiger partial charge is 0.307 e. The number of hydrogen-bond acceptors (Lipinski definition) is 6. The molecule has 3 aromatic carbocycles. The minimum absolute atomic E-state index is 0.0911. The van der Waals surface area contributed by atoms with E-state index in [4.69, 9.17) is 14.7 Å². The van der Waals surface area contributed by atoms with Crippen LogP contribution in [0.4, 0.5) is 0 Å². The van der Waals surface area contributed by atoms with Crippen LogP contribution in [0, 0.1) is 0 Å². The number of carbonyl (C=O) groups excluding carboxylic acids is 2. The number of ether oxygens (including phenoxy) is 1. The Hall–Kier alpha value is -4.66. The largest absolute Gasteiger partial charge is 0.490 e. The Balaban J connectivity index is 1.83. The second-order valence-electron chi connectivity index (χ2n) is 8.90. The highest BCUT2D eigenvalue weighted by atomic mass is 16.6. The first-order valence-corrected chi connectivity index (χ1v) is 11.9. The zero-order valence-corrected chi connectivity index (χ0v) is 21.9. The van der Waals surface area contributed by atoms with Crippen LogP contribution in [0.3, 0.4) is 0 Å². The SMILES string of the molecule is CN(C)C(=O)c1cccc(C(=NOCCOc2cccc(CC(=O)O)c2)c2cccc(C(=O)N(C)C)c2)c1. The predicted molar refractivity (Wildman–Crippen MR) is 144 cm³/mol. The fourth-order valence-corrected chi connectivity index (χ4v) is 3.61. The molecule has 9 heteroatoms. The van der Waals surface area contributed by atoms with Gasteiger partial charge in [-0.15, -0.1) is 0 Å². The summed E-state index contributed by atoms with van der Waals surface area (Å²) < 4.78 is 5.69. The van der Waals surface area contributed by atoms with Crippen molar-refractivity contribution in [2.45, 2.75) is 6.42 Å². The third-order valence-electron chi connectivity index (χ3n) is 5.43. The van der Waals surface area contributed by atoms with Gasteiger partial charge in [0.2, 0.25) is 0 Å². The fourth-order valence-electron chi connectivity index (χ4n) is 3.61. The fraction of sp³-hybridized carbons (Fsp3) is 0.241.